The highest BCUT2D eigenvalue weighted by molar-refractivity contribution is 5.75. The largest absolute Gasteiger partial charge is 0.468 e. The summed E-state index contributed by atoms with van der Waals surface area (Å²) < 4.78 is 4.61. The van der Waals surface area contributed by atoms with Crippen LogP contribution in [-0.2, 0) is 9.53 Å². The number of carbonyl (C=O) groups excluding carboxylic acids is 1. The molecule has 4 heteroatoms. The van der Waals surface area contributed by atoms with Crippen molar-refractivity contribution in [1.29, 1.82) is 0 Å². The highest BCUT2D eigenvalue weighted by Gasteiger charge is 2.23. The van der Waals surface area contributed by atoms with Crippen molar-refractivity contribution in [3.63, 3.8) is 0 Å². The van der Waals surface area contributed by atoms with Crippen molar-refractivity contribution in [2.75, 3.05) is 26.7 Å². The average Bonchev–Trinajstić information content (AvgIpc) is 2.29. The van der Waals surface area contributed by atoms with E-state index in [1.165, 1.54) is 13.5 Å². The molecule has 1 fully saturated rings. The van der Waals surface area contributed by atoms with E-state index in [0.29, 0.717) is 6.42 Å². The summed E-state index contributed by atoms with van der Waals surface area (Å²) in [5, 5.41) is 0. The van der Waals surface area contributed by atoms with Gasteiger partial charge in [0.1, 0.15) is 6.04 Å². The van der Waals surface area contributed by atoms with Crippen molar-refractivity contribution in [3.05, 3.63) is 0 Å². The lowest BCUT2D eigenvalue weighted by Gasteiger charge is -2.35. The fourth-order valence-electron chi connectivity index (χ4n) is 2.14. The fraction of sp³-hybridized carbons (Fsp3) is 0.917. The maximum atomic E-state index is 11.1. The standard InChI is InChI=1S/C12H24N2O2/c1-9-4-6-14(8-10(9)2)7-5-11(13)12(15)16-3/h9-11H,4-8,13H2,1-3H3. The zero-order valence-electron chi connectivity index (χ0n) is 10.6. The maximum absolute atomic E-state index is 11.1. The lowest BCUT2D eigenvalue weighted by Crippen LogP contribution is -2.42. The maximum Gasteiger partial charge on any atom is 0.322 e. The number of hydrogen-bond acceptors (Lipinski definition) is 4. The normalized spacial score (nSPS) is 28.8. The SMILES string of the molecule is COC(=O)C(N)CCN1CCC(C)C(C)C1. The highest BCUT2D eigenvalue weighted by Crippen LogP contribution is 2.22. The molecule has 0 aromatic heterocycles. The van der Waals surface area contributed by atoms with E-state index in [1.54, 1.807) is 0 Å². The van der Waals surface area contributed by atoms with Crippen LogP contribution in [0.5, 0.6) is 0 Å². The van der Waals surface area contributed by atoms with E-state index in [2.05, 4.69) is 23.5 Å². The number of likely N-dealkylation sites (tertiary alicyclic amines) is 1. The minimum absolute atomic E-state index is 0.307. The van der Waals surface area contributed by atoms with Crippen LogP contribution in [0.25, 0.3) is 0 Å². The first-order valence-corrected chi connectivity index (χ1v) is 6.10. The van der Waals surface area contributed by atoms with Crippen LogP contribution in [0, 0.1) is 11.8 Å². The average molecular weight is 228 g/mol. The first kappa shape index (κ1) is 13.5. The molecule has 1 rings (SSSR count). The number of piperidine rings is 1. The van der Waals surface area contributed by atoms with E-state index < -0.39 is 6.04 Å². The molecule has 2 N–H and O–H groups in total. The van der Waals surface area contributed by atoms with Gasteiger partial charge in [-0.25, -0.2) is 0 Å². The number of ether oxygens (including phenoxy) is 1. The Hall–Kier alpha value is -0.610. The Bertz CT molecular complexity index is 233. The van der Waals surface area contributed by atoms with E-state index in [1.807, 2.05) is 0 Å². The Labute approximate surface area is 98.1 Å². The van der Waals surface area contributed by atoms with Crippen molar-refractivity contribution < 1.29 is 9.53 Å². The predicted molar refractivity (Wildman–Crippen MR) is 64.0 cm³/mol. The van der Waals surface area contributed by atoms with Crippen molar-refractivity contribution in [2.45, 2.75) is 32.7 Å². The van der Waals surface area contributed by atoms with Gasteiger partial charge in [-0.1, -0.05) is 13.8 Å². The molecule has 0 amide bonds. The number of hydrogen-bond donors (Lipinski definition) is 1. The van der Waals surface area contributed by atoms with Gasteiger partial charge in [0, 0.05) is 13.1 Å². The van der Waals surface area contributed by atoms with Crippen LogP contribution in [0.1, 0.15) is 26.7 Å². The number of nitrogens with two attached hydrogens (primary N) is 1. The lowest BCUT2D eigenvalue weighted by molar-refractivity contribution is -0.142. The second kappa shape index (κ2) is 6.21. The molecule has 3 unspecified atom stereocenters. The predicted octanol–water partition coefficient (Wildman–Crippen LogP) is 0.855. The minimum Gasteiger partial charge on any atom is -0.468 e. The van der Waals surface area contributed by atoms with Crippen molar-refractivity contribution >= 4 is 5.97 Å². The minimum atomic E-state index is -0.473. The number of methoxy groups -OCH3 is 1. The monoisotopic (exact) mass is 228 g/mol. The Kier molecular flexibility index (Phi) is 5.22. The summed E-state index contributed by atoms with van der Waals surface area (Å²) in [6, 6.07) is -0.473. The van der Waals surface area contributed by atoms with Crippen LogP contribution in [0.4, 0.5) is 0 Å². The molecule has 0 saturated carbocycles. The molecule has 1 saturated heterocycles. The molecule has 0 radical (unpaired) electrons. The molecule has 0 aromatic rings. The lowest BCUT2D eigenvalue weighted by atomic mass is 9.88. The summed E-state index contributed by atoms with van der Waals surface area (Å²) in [4.78, 5) is 13.5. The number of esters is 1. The molecule has 1 aliphatic rings. The fourth-order valence-corrected chi connectivity index (χ4v) is 2.14. The van der Waals surface area contributed by atoms with E-state index in [0.717, 1.165) is 31.5 Å². The zero-order chi connectivity index (χ0) is 12.1. The van der Waals surface area contributed by atoms with Crippen LogP contribution in [-0.4, -0.2) is 43.7 Å². The molecule has 4 nitrogen and oxygen atoms in total. The van der Waals surface area contributed by atoms with Crippen LogP contribution in [0.3, 0.4) is 0 Å². The van der Waals surface area contributed by atoms with Gasteiger partial charge in [0.15, 0.2) is 0 Å². The molecular weight excluding hydrogens is 204 g/mol. The van der Waals surface area contributed by atoms with Gasteiger partial charge in [-0.3, -0.25) is 4.79 Å². The smallest absolute Gasteiger partial charge is 0.322 e. The third-order valence-corrected chi connectivity index (χ3v) is 3.68. The molecule has 16 heavy (non-hydrogen) atoms. The first-order valence-electron chi connectivity index (χ1n) is 6.10. The van der Waals surface area contributed by atoms with Gasteiger partial charge in [0.05, 0.1) is 7.11 Å². The molecule has 0 spiro atoms. The molecule has 0 aromatic carbocycles. The second-order valence-corrected chi connectivity index (χ2v) is 4.96. The van der Waals surface area contributed by atoms with E-state index in [4.69, 9.17) is 5.73 Å². The summed E-state index contributed by atoms with van der Waals surface area (Å²) in [5.41, 5.74) is 5.71. The number of carbonyl (C=O) groups is 1. The molecular formula is C12H24N2O2. The third kappa shape index (κ3) is 3.76. The van der Waals surface area contributed by atoms with Gasteiger partial charge >= 0.3 is 5.97 Å². The third-order valence-electron chi connectivity index (χ3n) is 3.68. The van der Waals surface area contributed by atoms with Crippen LogP contribution < -0.4 is 5.73 Å². The van der Waals surface area contributed by atoms with Gasteiger partial charge in [-0.2, -0.15) is 0 Å². The topological polar surface area (TPSA) is 55.6 Å². The van der Waals surface area contributed by atoms with Gasteiger partial charge in [-0.15, -0.1) is 0 Å². The quantitative estimate of drug-likeness (QED) is 0.725. The molecule has 94 valence electrons. The van der Waals surface area contributed by atoms with Gasteiger partial charge in [0.2, 0.25) is 0 Å². The Balaban J connectivity index is 2.25. The van der Waals surface area contributed by atoms with Crippen LogP contribution >= 0.6 is 0 Å². The van der Waals surface area contributed by atoms with Crippen molar-refractivity contribution in [3.8, 4) is 0 Å². The number of nitrogens with zero attached hydrogens (tertiary/aromatic N) is 1. The van der Waals surface area contributed by atoms with Crippen LogP contribution in [0.2, 0.25) is 0 Å². The Morgan fingerprint density at radius 2 is 2.19 bits per heavy atom. The van der Waals surface area contributed by atoms with E-state index in [-0.39, 0.29) is 5.97 Å². The molecule has 3 atom stereocenters. The van der Waals surface area contributed by atoms with E-state index in [9.17, 15) is 4.79 Å². The summed E-state index contributed by atoms with van der Waals surface area (Å²) in [7, 11) is 1.38. The Morgan fingerprint density at radius 3 is 2.75 bits per heavy atom. The van der Waals surface area contributed by atoms with Gasteiger partial charge in [0.25, 0.3) is 0 Å². The summed E-state index contributed by atoms with van der Waals surface area (Å²) >= 11 is 0. The van der Waals surface area contributed by atoms with Crippen molar-refractivity contribution in [1.82, 2.24) is 4.90 Å². The summed E-state index contributed by atoms with van der Waals surface area (Å²) in [6.07, 6.45) is 1.93. The Morgan fingerprint density at radius 1 is 1.50 bits per heavy atom. The first-order chi connectivity index (χ1) is 7.54. The molecule has 0 bridgehead atoms. The second-order valence-electron chi connectivity index (χ2n) is 4.96. The summed E-state index contributed by atoms with van der Waals surface area (Å²) in [5.74, 6) is 1.24. The van der Waals surface area contributed by atoms with Gasteiger partial charge < -0.3 is 15.4 Å². The summed E-state index contributed by atoms with van der Waals surface area (Å²) in [6.45, 7) is 7.74. The van der Waals surface area contributed by atoms with Crippen molar-refractivity contribution in [2.24, 2.45) is 17.6 Å². The molecule has 0 aliphatic carbocycles. The zero-order valence-corrected chi connectivity index (χ0v) is 10.6. The molecule has 1 aliphatic heterocycles. The van der Waals surface area contributed by atoms with Crippen LogP contribution in [0.15, 0.2) is 0 Å². The highest BCUT2D eigenvalue weighted by atomic mass is 16.5. The number of rotatable bonds is 4. The van der Waals surface area contributed by atoms with Gasteiger partial charge in [-0.05, 0) is 31.2 Å². The van der Waals surface area contributed by atoms with E-state index >= 15 is 0 Å². The molecule has 1 heterocycles.